The molecule has 0 bridgehead atoms. The molecule has 0 aliphatic rings. The molecule has 0 nitrogen and oxygen atoms in total. The SMILES string of the molecule is Cc1ccccc1[C](C)(c1ccccc1C)[Cr]([C](C)(c1ccccc1C)c1ccccc1C)[C](C)(c1ccccc1C)c1ccccc1C. The van der Waals surface area contributed by atoms with Crippen molar-refractivity contribution in [3.63, 3.8) is 0 Å². The molecule has 0 N–H and O–H groups in total. The van der Waals surface area contributed by atoms with Gasteiger partial charge in [0, 0.05) is 0 Å². The molecule has 0 heterocycles. The van der Waals surface area contributed by atoms with Gasteiger partial charge in [0.05, 0.1) is 0 Å². The van der Waals surface area contributed by atoms with Crippen molar-refractivity contribution >= 4 is 0 Å². The van der Waals surface area contributed by atoms with E-state index in [1.54, 1.807) is 0 Å². The third-order valence-corrected chi connectivity index (χ3v) is 17.1. The maximum absolute atomic E-state index is 2.62. The Labute approximate surface area is 300 Å². The average Bonchev–Trinajstić information content (AvgIpc) is 3.09. The van der Waals surface area contributed by atoms with E-state index in [1.165, 1.54) is 66.8 Å². The first kappa shape index (κ1) is 34.7. The van der Waals surface area contributed by atoms with Crippen LogP contribution < -0.4 is 0 Å². The Kier molecular flexibility index (Phi) is 9.66. The maximum atomic E-state index is 2.62. The van der Waals surface area contributed by atoms with Gasteiger partial charge in [-0.3, -0.25) is 0 Å². The third-order valence-electron chi connectivity index (χ3n) is 11.2. The summed E-state index contributed by atoms with van der Waals surface area (Å²) in [7, 11) is 0. The monoisotopic (exact) mass is 679 g/mol. The molecule has 1 heteroatoms. The first-order valence-electron chi connectivity index (χ1n) is 17.6. The van der Waals surface area contributed by atoms with E-state index in [4.69, 9.17) is 0 Å². The molecule has 0 atom stereocenters. The predicted molar refractivity (Wildman–Crippen MR) is 206 cm³/mol. The Balaban J connectivity index is 1.95. The van der Waals surface area contributed by atoms with E-state index in [-0.39, 0.29) is 12.8 Å². The van der Waals surface area contributed by atoms with Crippen LogP contribution in [-0.2, 0) is 27.0 Å². The number of benzene rings is 6. The van der Waals surface area contributed by atoms with Gasteiger partial charge in [-0.05, 0) is 0 Å². The fraction of sp³-hybridized carbons (Fsp3) is 0.250. The topological polar surface area (TPSA) is 0 Å². The van der Waals surface area contributed by atoms with Crippen molar-refractivity contribution < 1.29 is 14.1 Å². The second-order valence-electron chi connectivity index (χ2n) is 14.3. The first-order chi connectivity index (χ1) is 23.5. The van der Waals surface area contributed by atoms with Crippen molar-refractivity contribution in [3.05, 3.63) is 212 Å². The molecule has 0 radical (unpaired) electrons. The standard InChI is InChI=1S/3C16H17.Cr/c3*1-12-8-4-6-10-15(12)14(3)16-11-7-5-9-13(16)2;/h3*4-11H,1-3H3;. The molecule has 6 aromatic rings. The van der Waals surface area contributed by atoms with Gasteiger partial charge >= 0.3 is 302 Å². The summed E-state index contributed by atoms with van der Waals surface area (Å²) in [4.78, 5) is 0. The van der Waals surface area contributed by atoms with Gasteiger partial charge in [0.2, 0.25) is 0 Å². The molecule has 0 unspecified atom stereocenters. The zero-order valence-corrected chi connectivity index (χ0v) is 32.0. The van der Waals surface area contributed by atoms with Crippen LogP contribution in [0.15, 0.2) is 146 Å². The van der Waals surface area contributed by atoms with Crippen molar-refractivity contribution in [2.75, 3.05) is 0 Å². The van der Waals surface area contributed by atoms with E-state index in [0.29, 0.717) is 0 Å². The normalized spacial score (nSPS) is 12.4. The molecule has 0 aromatic heterocycles. The molecular weight excluding hydrogens is 629 g/mol. The van der Waals surface area contributed by atoms with Crippen LogP contribution in [0.4, 0.5) is 0 Å². The zero-order chi connectivity index (χ0) is 35.0. The Morgan fingerprint density at radius 1 is 0.265 bits per heavy atom. The van der Waals surface area contributed by atoms with Crippen molar-refractivity contribution in [3.8, 4) is 0 Å². The van der Waals surface area contributed by atoms with Gasteiger partial charge in [0.25, 0.3) is 0 Å². The van der Waals surface area contributed by atoms with E-state index in [9.17, 15) is 0 Å². The number of hydrogen-bond donors (Lipinski definition) is 0. The minimum absolute atomic E-state index is 0.338. The third kappa shape index (κ3) is 5.72. The second-order valence-corrected chi connectivity index (χ2v) is 19.1. The molecule has 0 saturated carbocycles. The van der Waals surface area contributed by atoms with E-state index in [1.807, 2.05) is 0 Å². The summed E-state index contributed by atoms with van der Waals surface area (Å²) in [6, 6.07) is 55.4. The summed E-state index contributed by atoms with van der Waals surface area (Å²) >= 11 is -2.21. The van der Waals surface area contributed by atoms with Crippen LogP contribution in [0.3, 0.4) is 0 Å². The van der Waals surface area contributed by atoms with Gasteiger partial charge in [0.15, 0.2) is 0 Å². The molecule has 0 amide bonds. The summed E-state index contributed by atoms with van der Waals surface area (Å²) in [5.74, 6) is 0. The average molecular weight is 680 g/mol. The van der Waals surface area contributed by atoms with Gasteiger partial charge in [-0.2, -0.15) is 0 Å². The molecule has 0 aliphatic carbocycles. The fourth-order valence-electron chi connectivity index (χ4n) is 8.97. The Hall–Kier alpha value is -4.15. The molecule has 6 aromatic carbocycles. The number of hydrogen-bond acceptors (Lipinski definition) is 0. The van der Waals surface area contributed by atoms with Gasteiger partial charge in [-0.1, -0.05) is 0 Å². The molecule has 0 fully saturated rings. The molecule has 6 rings (SSSR count). The first-order valence-corrected chi connectivity index (χ1v) is 19.5. The van der Waals surface area contributed by atoms with Crippen LogP contribution in [0.25, 0.3) is 0 Å². The van der Waals surface area contributed by atoms with Crippen LogP contribution in [0.2, 0.25) is 0 Å². The molecule has 0 spiro atoms. The van der Waals surface area contributed by atoms with Crippen LogP contribution in [0, 0.1) is 41.5 Å². The Morgan fingerprint density at radius 3 is 0.551 bits per heavy atom. The Morgan fingerprint density at radius 2 is 0.408 bits per heavy atom. The number of rotatable bonds is 9. The van der Waals surface area contributed by atoms with Crippen molar-refractivity contribution in [1.29, 1.82) is 0 Å². The predicted octanol–water partition coefficient (Wildman–Crippen LogP) is 12.3. The van der Waals surface area contributed by atoms with Gasteiger partial charge in [-0.15, -0.1) is 0 Å². The van der Waals surface area contributed by atoms with Crippen LogP contribution in [0.1, 0.15) is 87.5 Å². The van der Waals surface area contributed by atoms with Crippen LogP contribution >= 0.6 is 0 Å². The van der Waals surface area contributed by atoms with Gasteiger partial charge in [-0.25, -0.2) is 0 Å². The summed E-state index contributed by atoms with van der Waals surface area (Å²) in [6.45, 7) is 21.8. The second kappa shape index (κ2) is 13.6. The van der Waals surface area contributed by atoms with Crippen LogP contribution in [0.5, 0.6) is 0 Å². The van der Waals surface area contributed by atoms with Gasteiger partial charge < -0.3 is 0 Å². The molecule has 0 saturated heterocycles. The summed E-state index contributed by atoms with van der Waals surface area (Å²) in [5.41, 5.74) is 16.6. The zero-order valence-electron chi connectivity index (χ0n) is 30.8. The summed E-state index contributed by atoms with van der Waals surface area (Å²) in [5, 5.41) is 0. The Bertz CT molecular complexity index is 1720. The molecule has 49 heavy (non-hydrogen) atoms. The van der Waals surface area contributed by atoms with Crippen molar-refractivity contribution in [2.24, 2.45) is 0 Å². The quantitative estimate of drug-likeness (QED) is 0.143. The minimum atomic E-state index is -2.21. The van der Waals surface area contributed by atoms with E-state index < -0.39 is 14.1 Å². The van der Waals surface area contributed by atoms with E-state index in [0.717, 1.165) is 0 Å². The van der Waals surface area contributed by atoms with E-state index >= 15 is 0 Å². The summed E-state index contributed by atoms with van der Waals surface area (Å²) < 4.78 is -1.01. The van der Waals surface area contributed by atoms with Crippen molar-refractivity contribution in [2.45, 2.75) is 75.1 Å². The summed E-state index contributed by atoms with van der Waals surface area (Å²) in [6.07, 6.45) is 0. The molecule has 249 valence electrons. The molecule has 0 aliphatic heterocycles. The van der Waals surface area contributed by atoms with Crippen molar-refractivity contribution in [1.82, 2.24) is 0 Å². The van der Waals surface area contributed by atoms with Crippen LogP contribution in [-0.4, -0.2) is 0 Å². The number of aryl methyl sites for hydroxylation is 6. The van der Waals surface area contributed by atoms with E-state index in [2.05, 4.69) is 208 Å². The molecular formula is C48H51Cr. The fourth-order valence-corrected chi connectivity index (χ4v) is 17.0. The van der Waals surface area contributed by atoms with Gasteiger partial charge in [0.1, 0.15) is 0 Å².